The zero-order valence-corrected chi connectivity index (χ0v) is 11.5. The standard InChI is InChI=1S/C15H10ClFN2O2/c16-13-2-1-3-14(17)12(13)9-18-7-6-10-4-5-11(19(20)21)8-15(10)18/h1-8H,9H2. The Morgan fingerprint density at radius 1 is 1.24 bits per heavy atom. The Hall–Kier alpha value is -2.40. The number of hydrogen-bond donors (Lipinski definition) is 0. The van der Waals surface area contributed by atoms with Crippen LogP contribution in [0, 0.1) is 15.9 Å². The molecule has 0 saturated heterocycles. The first-order chi connectivity index (χ1) is 10.1. The van der Waals surface area contributed by atoms with Crippen molar-refractivity contribution >= 4 is 28.2 Å². The second kappa shape index (κ2) is 5.18. The van der Waals surface area contributed by atoms with Crippen LogP contribution in [0.3, 0.4) is 0 Å². The summed E-state index contributed by atoms with van der Waals surface area (Å²) in [5, 5.41) is 12.0. The van der Waals surface area contributed by atoms with E-state index in [4.69, 9.17) is 11.6 Å². The molecule has 0 unspecified atom stereocenters. The highest BCUT2D eigenvalue weighted by molar-refractivity contribution is 6.31. The number of nitro groups is 1. The van der Waals surface area contributed by atoms with Crippen LogP contribution >= 0.6 is 11.6 Å². The number of fused-ring (bicyclic) bond motifs is 1. The minimum absolute atomic E-state index is 0.00193. The van der Waals surface area contributed by atoms with Gasteiger partial charge in [-0.05, 0) is 24.3 Å². The Morgan fingerprint density at radius 3 is 2.76 bits per heavy atom. The summed E-state index contributed by atoms with van der Waals surface area (Å²) in [5.41, 5.74) is 1.04. The minimum atomic E-state index is -0.452. The average molecular weight is 305 g/mol. The molecule has 0 spiro atoms. The van der Waals surface area contributed by atoms with Gasteiger partial charge in [-0.1, -0.05) is 17.7 Å². The van der Waals surface area contributed by atoms with Gasteiger partial charge in [-0.3, -0.25) is 10.1 Å². The lowest BCUT2D eigenvalue weighted by atomic mass is 10.2. The molecule has 0 radical (unpaired) electrons. The number of nitrogens with zero attached hydrogens (tertiary/aromatic N) is 2. The Balaban J connectivity index is 2.08. The second-order valence-corrected chi connectivity index (χ2v) is 5.05. The molecule has 0 aliphatic rings. The van der Waals surface area contributed by atoms with E-state index in [0.717, 1.165) is 5.39 Å². The highest BCUT2D eigenvalue weighted by atomic mass is 35.5. The molecule has 0 bridgehead atoms. The lowest BCUT2D eigenvalue weighted by molar-refractivity contribution is -0.384. The van der Waals surface area contributed by atoms with E-state index in [-0.39, 0.29) is 12.2 Å². The molecule has 2 aromatic carbocycles. The van der Waals surface area contributed by atoms with Crippen molar-refractivity contribution < 1.29 is 9.31 Å². The van der Waals surface area contributed by atoms with Crippen LogP contribution in [0.5, 0.6) is 0 Å². The first kappa shape index (κ1) is 13.6. The third-order valence-corrected chi connectivity index (χ3v) is 3.71. The molecule has 1 aromatic heterocycles. The third kappa shape index (κ3) is 2.48. The Labute approximate surface area is 124 Å². The van der Waals surface area contributed by atoms with Gasteiger partial charge in [-0.2, -0.15) is 0 Å². The summed E-state index contributed by atoms with van der Waals surface area (Å²) in [6, 6.07) is 10.9. The maximum absolute atomic E-state index is 13.8. The van der Waals surface area contributed by atoms with E-state index in [1.165, 1.54) is 18.2 Å². The molecule has 0 aliphatic carbocycles. The second-order valence-electron chi connectivity index (χ2n) is 4.64. The number of hydrogen-bond acceptors (Lipinski definition) is 2. The molecule has 0 amide bonds. The van der Waals surface area contributed by atoms with Gasteiger partial charge in [0.1, 0.15) is 5.82 Å². The molecule has 6 heteroatoms. The van der Waals surface area contributed by atoms with Crippen LogP contribution in [-0.2, 0) is 6.54 Å². The van der Waals surface area contributed by atoms with Gasteiger partial charge in [0.15, 0.2) is 0 Å². The summed E-state index contributed by atoms with van der Waals surface area (Å²) >= 11 is 6.02. The Morgan fingerprint density at radius 2 is 2.05 bits per heavy atom. The highest BCUT2D eigenvalue weighted by Crippen LogP contribution is 2.25. The molecule has 3 rings (SSSR count). The van der Waals surface area contributed by atoms with Gasteiger partial charge >= 0.3 is 0 Å². The van der Waals surface area contributed by atoms with Gasteiger partial charge in [0.25, 0.3) is 5.69 Å². The van der Waals surface area contributed by atoms with Crippen molar-refractivity contribution in [2.45, 2.75) is 6.54 Å². The molecular weight excluding hydrogens is 295 g/mol. The third-order valence-electron chi connectivity index (χ3n) is 3.36. The molecule has 0 aliphatic heterocycles. The van der Waals surface area contributed by atoms with E-state index in [2.05, 4.69) is 0 Å². The number of nitro benzene ring substituents is 1. The van der Waals surface area contributed by atoms with Crippen molar-refractivity contribution in [2.75, 3.05) is 0 Å². The largest absolute Gasteiger partial charge is 0.343 e. The molecule has 106 valence electrons. The SMILES string of the molecule is O=[N+]([O-])c1ccc2ccn(Cc3c(F)cccc3Cl)c2c1. The van der Waals surface area contributed by atoms with Crippen molar-refractivity contribution in [2.24, 2.45) is 0 Å². The number of halogens is 2. The van der Waals surface area contributed by atoms with Crippen LogP contribution in [0.1, 0.15) is 5.56 Å². The van der Waals surface area contributed by atoms with E-state index in [0.29, 0.717) is 16.1 Å². The fraction of sp³-hybridized carbons (Fsp3) is 0.0667. The Bertz CT molecular complexity index is 825. The van der Waals surface area contributed by atoms with E-state index in [1.807, 2.05) is 6.07 Å². The lowest BCUT2D eigenvalue weighted by Gasteiger charge is -2.08. The fourth-order valence-corrected chi connectivity index (χ4v) is 2.50. The van der Waals surface area contributed by atoms with E-state index in [9.17, 15) is 14.5 Å². The zero-order chi connectivity index (χ0) is 15.0. The van der Waals surface area contributed by atoms with Crippen LogP contribution in [0.15, 0.2) is 48.7 Å². The number of benzene rings is 2. The van der Waals surface area contributed by atoms with Gasteiger partial charge in [-0.15, -0.1) is 0 Å². The van der Waals surface area contributed by atoms with E-state index in [1.54, 1.807) is 29.0 Å². The van der Waals surface area contributed by atoms with Gasteiger partial charge in [0.2, 0.25) is 0 Å². The average Bonchev–Trinajstić information content (AvgIpc) is 2.85. The predicted molar refractivity (Wildman–Crippen MR) is 79.1 cm³/mol. The molecule has 4 nitrogen and oxygen atoms in total. The first-order valence-electron chi connectivity index (χ1n) is 6.22. The van der Waals surface area contributed by atoms with E-state index >= 15 is 0 Å². The van der Waals surface area contributed by atoms with Crippen LogP contribution in [0.2, 0.25) is 5.02 Å². The summed E-state index contributed by atoms with van der Waals surface area (Å²) < 4.78 is 15.6. The van der Waals surface area contributed by atoms with Crippen LogP contribution < -0.4 is 0 Å². The fourth-order valence-electron chi connectivity index (χ4n) is 2.28. The number of aromatic nitrogens is 1. The van der Waals surface area contributed by atoms with Crippen LogP contribution in [0.4, 0.5) is 10.1 Å². The topological polar surface area (TPSA) is 48.1 Å². The van der Waals surface area contributed by atoms with Crippen molar-refractivity contribution in [1.29, 1.82) is 0 Å². The molecule has 0 fully saturated rings. The summed E-state index contributed by atoms with van der Waals surface area (Å²) in [5.74, 6) is -0.394. The molecule has 0 atom stereocenters. The van der Waals surface area contributed by atoms with Gasteiger partial charge < -0.3 is 4.57 Å². The monoisotopic (exact) mass is 304 g/mol. The van der Waals surface area contributed by atoms with Gasteiger partial charge in [0, 0.05) is 34.3 Å². The highest BCUT2D eigenvalue weighted by Gasteiger charge is 2.12. The maximum Gasteiger partial charge on any atom is 0.271 e. The summed E-state index contributed by atoms with van der Waals surface area (Å²) in [6.45, 7) is 0.218. The van der Waals surface area contributed by atoms with Crippen molar-refractivity contribution in [3.63, 3.8) is 0 Å². The minimum Gasteiger partial charge on any atom is -0.343 e. The number of rotatable bonds is 3. The summed E-state index contributed by atoms with van der Waals surface area (Å²) in [6.07, 6.45) is 1.76. The first-order valence-corrected chi connectivity index (χ1v) is 6.60. The molecule has 0 N–H and O–H groups in total. The quantitative estimate of drug-likeness (QED) is 0.532. The summed E-state index contributed by atoms with van der Waals surface area (Å²) in [4.78, 5) is 10.4. The zero-order valence-electron chi connectivity index (χ0n) is 10.8. The molecule has 21 heavy (non-hydrogen) atoms. The smallest absolute Gasteiger partial charge is 0.271 e. The van der Waals surface area contributed by atoms with E-state index < -0.39 is 10.7 Å². The van der Waals surface area contributed by atoms with Crippen molar-refractivity contribution in [3.8, 4) is 0 Å². The van der Waals surface area contributed by atoms with Gasteiger partial charge in [-0.25, -0.2) is 4.39 Å². The molecule has 1 heterocycles. The molecular formula is C15H10ClFN2O2. The van der Waals surface area contributed by atoms with Crippen molar-refractivity contribution in [3.05, 3.63) is 75.2 Å². The summed E-state index contributed by atoms with van der Waals surface area (Å²) in [7, 11) is 0. The molecule has 3 aromatic rings. The molecule has 0 saturated carbocycles. The van der Waals surface area contributed by atoms with Crippen LogP contribution in [0.25, 0.3) is 10.9 Å². The van der Waals surface area contributed by atoms with Gasteiger partial charge in [0.05, 0.1) is 17.0 Å². The number of non-ortho nitro benzene ring substituents is 1. The van der Waals surface area contributed by atoms with Crippen molar-refractivity contribution in [1.82, 2.24) is 4.57 Å². The Kier molecular flexibility index (Phi) is 3.35. The maximum atomic E-state index is 13.8. The normalized spacial score (nSPS) is 11.0. The predicted octanol–water partition coefficient (Wildman–Crippen LogP) is 4.39. The van der Waals surface area contributed by atoms with Crippen LogP contribution in [-0.4, -0.2) is 9.49 Å². The lowest BCUT2D eigenvalue weighted by Crippen LogP contribution is -2.01.